The first-order valence-corrected chi connectivity index (χ1v) is 9.41. The van der Waals surface area contributed by atoms with Crippen molar-refractivity contribution in [3.05, 3.63) is 35.4 Å². The summed E-state index contributed by atoms with van der Waals surface area (Å²) in [5, 5.41) is 9.14. The minimum absolute atomic E-state index is 0.00135. The SMILES string of the molecule is CCN(CC)S(=O)(=O)N(CCCO)C1CCc2ccccc21. The number of hydrogen-bond donors (Lipinski definition) is 1. The van der Waals surface area contributed by atoms with E-state index in [-0.39, 0.29) is 12.6 Å². The molecule has 0 aliphatic heterocycles. The molecule has 22 heavy (non-hydrogen) atoms. The molecule has 1 N–H and O–H groups in total. The zero-order valence-corrected chi connectivity index (χ0v) is 14.2. The van der Waals surface area contributed by atoms with Crippen LogP contribution in [0.5, 0.6) is 0 Å². The van der Waals surface area contributed by atoms with E-state index in [2.05, 4.69) is 6.07 Å². The fourth-order valence-electron chi connectivity index (χ4n) is 3.19. The van der Waals surface area contributed by atoms with E-state index >= 15 is 0 Å². The lowest BCUT2D eigenvalue weighted by Gasteiger charge is -2.33. The van der Waals surface area contributed by atoms with E-state index in [0.29, 0.717) is 26.1 Å². The predicted octanol–water partition coefficient (Wildman–Crippen LogP) is 1.94. The molecule has 0 amide bonds. The van der Waals surface area contributed by atoms with Gasteiger partial charge in [-0.1, -0.05) is 38.1 Å². The molecular formula is C16H26N2O3S. The molecule has 0 saturated carbocycles. The Morgan fingerprint density at radius 1 is 1.23 bits per heavy atom. The van der Waals surface area contributed by atoms with Gasteiger partial charge in [0.05, 0.1) is 6.04 Å². The highest BCUT2D eigenvalue weighted by molar-refractivity contribution is 7.86. The van der Waals surface area contributed by atoms with Gasteiger partial charge in [-0.05, 0) is 30.4 Å². The van der Waals surface area contributed by atoms with E-state index in [4.69, 9.17) is 5.11 Å². The lowest BCUT2D eigenvalue weighted by atomic mass is 10.1. The molecule has 1 aromatic carbocycles. The summed E-state index contributed by atoms with van der Waals surface area (Å²) in [5.41, 5.74) is 2.34. The molecule has 0 spiro atoms. The maximum atomic E-state index is 13.0. The van der Waals surface area contributed by atoms with Gasteiger partial charge >= 0.3 is 0 Å². The van der Waals surface area contributed by atoms with Crippen LogP contribution in [0.4, 0.5) is 0 Å². The van der Waals surface area contributed by atoms with Crippen molar-refractivity contribution in [1.29, 1.82) is 0 Å². The molecule has 6 heteroatoms. The van der Waals surface area contributed by atoms with Gasteiger partial charge in [0.1, 0.15) is 0 Å². The topological polar surface area (TPSA) is 60.9 Å². The molecule has 1 aromatic rings. The quantitative estimate of drug-likeness (QED) is 0.794. The van der Waals surface area contributed by atoms with Crippen LogP contribution >= 0.6 is 0 Å². The standard InChI is InChI=1S/C16H26N2O3S/c1-3-17(4-2)22(20,21)18(12-7-13-19)16-11-10-14-8-5-6-9-15(14)16/h5-6,8-9,16,19H,3-4,7,10-13H2,1-2H3. The molecule has 2 rings (SSSR count). The van der Waals surface area contributed by atoms with Crippen molar-refractivity contribution >= 4 is 10.2 Å². The second kappa shape index (κ2) is 7.55. The van der Waals surface area contributed by atoms with E-state index in [1.165, 1.54) is 9.87 Å². The summed E-state index contributed by atoms with van der Waals surface area (Å²) in [4.78, 5) is 0. The molecule has 0 fully saturated rings. The molecule has 0 heterocycles. The minimum atomic E-state index is -3.51. The molecule has 1 atom stereocenters. The van der Waals surface area contributed by atoms with E-state index in [1.54, 1.807) is 4.31 Å². The van der Waals surface area contributed by atoms with Gasteiger partial charge in [0.15, 0.2) is 0 Å². The number of benzene rings is 1. The highest BCUT2D eigenvalue weighted by Gasteiger charge is 2.37. The molecular weight excluding hydrogens is 300 g/mol. The number of nitrogens with zero attached hydrogens (tertiary/aromatic N) is 2. The average molecular weight is 326 g/mol. The summed E-state index contributed by atoms with van der Waals surface area (Å²) in [6.07, 6.45) is 2.18. The van der Waals surface area contributed by atoms with Gasteiger partial charge in [-0.3, -0.25) is 0 Å². The highest BCUT2D eigenvalue weighted by atomic mass is 32.2. The molecule has 5 nitrogen and oxygen atoms in total. The van der Waals surface area contributed by atoms with E-state index in [1.807, 2.05) is 32.0 Å². The molecule has 1 unspecified atom stereocenters. The average Bonchev–Trinajstić information content (AvgIpc) is 2.92. The normalized spacial score (nSPS) is 18.1. The fraction of sp³-hybridized carbons (Fsp3) is 0.625. The summed E-state index contributed by atoms with van der Waals surface area (Å²) in [7, 11) is -3.51. The van der Waals surface area contributed by atoms with Crippen LogP contribution in [0.1, 0.15) is 43.9 Å². The minimum Gasteiger partial charge on any atom is -0.396 e. The summed E-state index contributed by atoms with van der Waals surface area (Å²) in [6.45, 7) is 4.99. The van der Waals surface area contributed by atoms with Gasteiger partial charge in [-0.2, -0.15) is 17.0 Å². The lowest BCUT2D eigenvalue weighted by Crippen LogP contribution is -2.45. The van der Waals surface area contributed by atoms with Crippen LogP contribution in [0.2, 0.25) is 0 Å². The zero-order chi connectivity index (χ0) is 16.2. The first-order valence-electron chi connectivity index (χ1n) is 8.01. The number of aryl methyl sites for hydroxylation is 1. The summed E-state index contributed by atoms with van der Waals surface area (Å²) in [6, 6.07) is 7.94. The first-order chi connectivity index (χ1) is 10.6. The maximum Gasteiger partial charge on any atom is 0.282 e. The lowest BCUT2D eigenvalue weighted by molar-refractivity contribution is 0.239. The smallest absolute Gasteiger partial charge is 0.282 e. The summed E-state index contributed by atoms with van der Waals surface area (Å²) >= 11 is 0. The second-order valence-electron chi connectivity index (χ2n) is 5.53. The Balaban J connectivity index is 2.35. The van der Waals surface area contributed by atoms with Crippen LogP contribution in [0.3, 0.4) is 0 Å². The molecule has 0 bridgehead atoms. The highest BCUT2D eigenvalue weighted by Crippen LogP contribution is 2.37. The van der Waals surface area contributed by atoms with Gasteiger partial charge in [-0.15, -0.1) is 0 Å². The Morgan fingerprint density at radius 3 is 2.55 bits per heavy atom. The van der Waals surface area contributed by atoms with Crippen LogP contribution in [-0.4, -0.2) is 48.4 Å². The van der Waals surface area contributed by atoms with Crippen molar-refractivity contribution < 1.29 is 13.5 Å². The van der Waals surface area contributed by atoms with Crippen molar-refractivity contribution in [3.8, 4) is 0 Å². The molecule has 0 radical (unpaired) electrons. The predicted molar refractivity (Wildman–Crippen MR) is 87.8 cm³/mol. The third kappa shape index (κ3) is 3.35. The Hall–Kier alpha value is -0.950. The molecule has 0 aromatic heterocycles. The van der Waals surface area contributed by atoms with Crippen molar-refractivity contribution in [2.24, 2.45) is 0 Å². The third-order valence-electron chi connectivity index (χ3n) is 4.31. The molecule has 1 aliphatic rings. The Bertz CT molecular complexity index is 585. The Labute approximate surface area is 133 Å². The largest absolute Gasteiger partial charge is 0.396 e. The van der Waals surface area contributed by atoms with Crippen LogP contribution in [0, 0.1) is 0 Å². The number of rotatable bonds is 8. The fourth-order valence-corrected chi connectivity index (χ4v) is 5.04. The van der Waals surface area contributed by atoms with Gasteiger partial charge in [0, 0.05) is 26.2 Å². The van der Waals surface area contributed by atoms with E-state index in [0.717, 1.165) is 18.4 Å². The van der Waals surface area contributed by atoms with E-state index < -0.39 is 10.2 Å². The summed E-state index contributed by atoms with van der Waals surface area (Å²) < 4.78 is 29.0. The van der Waals surface area contributed by atoms with Crippen LogP contribution in [0.15, 0.2) is 24.3 Å². The molecule has 124 valence electrons. The Morgan fingerprint density at radius 2 is 1.91 bits per heavy atom. The van der Waals surface area contributed by atoms with Crippen molar-refractivity contribution in [2.75, 3.05) is 26.2 Å². The van der Waals surface area contributed by atoms with Crippen molar-refractivity contribution in [3.63, 3.8) is 0 Å². The van der Waals surface area contributed by atoms with Crippen molar-refractivity contribution in [2.45, 2.75) is 39.2 Å². The van der Waals surface area contributed by atoms with E-state index in [9.17, 15) is 8.42 Å². The summed E-state index contributed by atoms with van der Waals surface area (Å²) in [5.74, 6) is 0. The molecule has 0 saturated heterocycles. The number of hydrogen-bond acceptors (Lipinski definition) is 3. The maximum absolute atomic E-state index is 13.0. The van der Waals surface area contributed by atoms with Crippen LogP contribution < -0.4 is 0 Å². The van der Waals surface area contributed by atoms with Gasteiger partial charge in [0.2, 0.25) is 0 Å². The van der Waals surface area contributed by atoms with Crippen molar-refractivity contribution in [1.82, 2.24) is 8.61 Å². The number of fused-ring (bicyclic) bond motifs is 1. The van der Waals surface area contributed by atoms with Crippen LogP contribution in [0.25, 0.3) is 0 Å². The number of aliphatic hydroxyl groups excluding tert-OH is 1. The van der Waals surface area contributed by atoms with Gasteiger partial charge < -0.3 is 5.11 Å². The zero-order valence-electron chi connectivity index (χ0n) is 13.4. The monoisotopic (exact) mass is 326 g/mol. The van der Waals surface area contributed by atoms with Gasteiger partial charge in [0.25, 0.3) is 10.2 Å². The van der Waals surface area contributed by atoms with Crippen LogP contribution in [-0.2, 0) is 16.6 Å². The second-order valence-corrected chi connectivity index (χ2v) is 7.41. The Kier molecular flexibility index (Phi) is 5.97. The first kappa shape index (κ1) is 17.4. The number of aliphatic hydroxyl groups is 1. The molecule has 1 aliphatic carbocycles. The van der Waals surface area contributed by atoms with Gasteiger partial charge in [-0.25, -0.2) is 0 Å². The third-order valence-corrected chi connectivity index (χ3v) is 6.51.